The number of benzene rings is 3. The van der Waals surface area contributed by atoms with E-state index in [0.717, 1.165) is 0 Å². The lowest BCUT2D eigenvalue weighted by atomic mass is 9.77. The van der Waals surface area contributed by atoms with Crippen LogP contribution in [0.15, 0.2) is 72.8 Å². The van der Waals surface area contributed by atoms with Gasteiger partial charge in [0.1, 0.15) is 12.4 Å². The van der Waals surface area contributed by atoms with E-state index in [4.69, 9.17) is 9.47 Å². The first-order valence-electron chi connectivity index (χ1n) is 11.7. The highest BCUT2D eigenvalue weighted by atomic mass is 19.1. The third-order valence-electron chi connectivity index (χ3n) is 7.48. The molecule has 1 N–H and O–H groups in total. The zero-order valence-electron chi connectivity index (χ0n) is 18.7. The monoisotopic (exact) mass is 459 g/mol. The van der Waals surface area contributed by atoms with Crippen LogP contribution in [0.1, 0.15) is 35.4 Å². The van der Waals surface area contributed by atoms with Gasteiger partial charge in [-0.1, -0.05) is 60.7 Å². The minimum Gasteiger partial charge on any atom is -0.448 e. The Labute approximate surface area is 197 Å². The van der Waals surface area contributed by atoms with Crippen molar-refractivity contribution in [3.8, 4) is 11.1 Å². The quantitative estimate of drug-likeness (QED) is 0.610. The van der Waals surface area contributed by atoms with Gasteiger partial charge in [0.2, 0.25) is 0 Å². The molecule has 2 heterocycles. The van der Waals surface area contributed by atoms with Crippen molar-refractivity contribution in [2.45, 2.75) is 36.4 Å². The highest BCUT2D eigenvalue weighted by Gasteiger charge is 2.49. The van der Waals surface area contributed by atoms with Crippen LogP contribution in [0.25, 0.3) is 11.1 Å². The lowest BCUT2D eigenvalue weighted by molar-refractivity contribution is -0.136. The van der Waals surface area contributed by atoms with E-state index in [1.54, 1.807) is 17.0 Å². The molecule has 0 saturated carbocycles. The summed E-state index contributed by atoms with van der Waals surface area (Å²) in [6.45, 7) is 0.931. The molecular formula is C28H26FNO4. The summed E-state index contributed by atoms with van der Waals surface area (Å²) in [5.41, 5.74) is 4.25. The molecule has 3 aromatic carbocycles. The van der Waals surface area contributed by atoms with E-state index >= 15 is 0 Å². The summed E-state index contributed by atoms with van der Waals surface area (Å²) in [6, 6.07) is 21.8. The van der Waals surface area contributed by atoms with Gasteiger partial charge in [0, 0.05) is 18.8 Å². The fourth-order valence-corrected chi connectivity index (χ4v) is 5.94. The Kier molecular flexibility index (Phi) is 5.15. The maximum atomic E-state index is 13.4. The van der Waals surface area contributed by atoms with Crippen LogP contribution in [0, 0.1) is 5.82 Å². The first-order chi connectivity index (χ1) is 16.5. The van der Waals surface area contributed by atoms with Gasteiger partial charge in [-0.15, -0.1) is 0 Å². The van der Waals surface area contributed by atoms with E-state index in [9.17, 15) is 14.3 Å². The second kappa shape index (κ2) is 8.22. The van der Waals surface area contributed by atoms with Crippen molar-refractivity contribution in [2.24, 2.45) is 0 Å². The molecule has 2 aliphatic heterocycles. The Balaban J connectivity index is 1.20. The smallest absolute Gasteiger partial charge is 0.410 e. The average Bonchev–Trinajstić information content (AvgIpc) is 3.16. The molecule has 2 unspecified atom stereocenters. The molecule has 6 rings (SSSR count). The topological polar surface area (TPSA) is 59.0 Å². The molecule has 0 radical (unpaired) electrons. The van der Waals surface area contributed by atoms with Crippen LogP contribution in [0.3, 0.4) is 0 Å². The first kappa shape index (κ1) is 21.3. The molecule has 3 aromatic rings. The summed E-state index contributed by atoms with van der Waals surface area (Å²) in [5, 5.41) is 11.4. The summed E-state index contributed by atoms with van der Waals surface area (Å²) in [4.78, 5) is 15.0. The number of morpholine rings is 1. The van der Waals surface area contributed by atoms with Gasteiger partial charge in [0.25, 0.3) is 0 Å². The normalized spacial score (nSPS) is 25.5. The molecule has 0 aromatic heterocycles. The molecule has 2 saturated heterocycles. The standard InChI is InChI=1S/C28H26FNO4/c29-19-11-9-18(10-12-19)28(32)13-20-15-33-16-21(14-28)30(20)27(31)34-17-26-24-7-3-1-5-22(24)23-6-2-4-8-25(23)26/h1-12,20-21,26,32H,13-17H2. The summed E-state index contributed by atoms with van der Waals surface area (Å²) in [5.74, 6) is -0.347. The number of halogens is 1. The summed E-state index contributed by atoms with van der Waals surface area (Å²) in [6.07, 6.45) is 0.264. The molecule has 1 aliphatic carbocycles. The number of hydrogen-bond donors (Lipinski definition) is 1. The molecule has 1 amide bonds. The van der Waals surface area contributed by atoms with Crippen LogP contribution >= 0.6 is 0 Å². The van der Waals surface area contributed by atoms with Crippen molar-refractivity contribution in [3.63, 3.8) is 0 Å². The minimum absolute atomic E-state index is 0.00613. The van der Waals surface area contributed by atoms with Gasteiger partial charge in [-0.05, 0) is 39.9 Å². The van der Waals surface area contributed by atoms with Gasteiger partial charge in [-0.3, -0.25) is 4.90 Å². The maximum absolute atomic E-state index is 13.4. The number of rotatable bonds is 3. The van der Waals surface area contributed by atoms with E-state index in [-0.39, 0.29) is 36.5 Å². The molecule has 174 valence electrons. The molecule has 34 heavy (non-hydrogen) atoms. The summed E-state index contributed by atoms with van der Waals surface area (Å²) < 4.78 is 25.0. The van der Waals surface area contributed by atoms with Gasteiger partial charge in [-0.25, -0.2) is 9.18 Å². The molecule has 5 nitrogen and oxygen atoms in total. The summed E-state index contributed by atoms with van der Waals surface area (Å²) >= 11 is 0. The number of aliphatic hydroxyl groups is 1. The van der Waals surface area contributed by atoms with Crippen LogP contribution in [0.4, 0.5) is 9.18 Å². The van der Waals surface area contributed by atoms with E-state index in [2.05, 4.69) is 24.3 Å². The second-order valence-corrected chi connectivity index (χ2v) is 9.50. The largest absolute Gasteiger partial charge is 0.448 e. The van der Waals surface area contributed by atoms with Gasteiger partial charge in [0.15, 0.2) is 0 Å². The van der Waals surface area contributed by atoms with Crippen molar-refractivity contribution in [1.29, 1.82) is 0 Å². The van der Waals surface area contributed by atoms with E-state index in [1.165, 1.54) is 34.4 Å². The zero-order valence-corrected chi connectivity index (χ0v) is 18.7. The lowest BCUT2D eigenvalue weighted by Crippen LogP contribution is -2.62. The second-order valence-electron chi connectivity index (χ2n) is 9.50. The number of carbonyl (C=O) groups is 1. The number of carbonyl (C=O) groups excluding carboxylic acids is 1. The molecule has 0 spiro atoms. The predicted molar refractivity (Wildman–Crippen MR) is 125 cm³/mol. The van der Waals surface area contributed by atoms with Gasteiger partial charge < -0.3 is 14.6 Å². The number of fused-ring (bicyclic) bond motifs is 5. The van der Waals surface area contributed by atoms with Crippen LogP contribution in [-0.2, 0) is 15.1 Å². The Morgan fingerprint density at radius 2 is 1.50 bits per heavy atom. The Hall–Kier alpha value is -3.22. The molecule has 6 heteroatoms. The number of ether oxygens (including phenoxy) is 2. The lowest BCUT2D eigenvalue weighted by Gasteiger charge is -2.51. The van der Waals surface area contributed by atoms with Crippen molar-refractivity contribution in [1.82, 2.24) is 4.90 Å². The van der Waals surface area contributed by atoms with Crippen molar-refractivity contribution >= 4 is 6.09 Å². The average molecular weight is 460 g/mol. The predicted octanol–water partition coefficient (Wildman–Crippen LogP) is 4.83. The van der Waals surface area contributed by atoms with E-state index in [1.807, 2.05) is 24.3 Å². The zero-order chi connectivity index (χ0) is 23.3. The first-order valence-corrected chi connectivity index (χ1v) is 11.7. The Morgan fingerprint density at radius 1 is 0.941 bits per heavy atom. The van der Waals surface area contributed by atoms with E-state index in [0.29, 0.717) is 31.6 Å². The van der Waals surface area contributed by atoms with Crippen molar-refractivity contribution in [3.05, 3.63) is 95.3 Å². The highest BCUT2D eigenvalue weighted by Crippen LogP contribution is 2.45. The third-order valence-corrected chi connectivity index (χ3v) is 7.48. The van der Waals surface area contributed by atoms with Gasteiger partial charge >= 0.3 is 6.09 Å². The summed E-state index contributed by atoms with van der Waals surface area (Å²) in [7, 11) is 0. The van der Waals surface area contributed by atoms with Gasteiger partial charge in [-0.2, -0.15) is 0 Å². The number of hydrogen-bond acceptors (Lipinski definition) is 4. The molecule has 2 bridgehead atoms. The van der Waals surface area contributed by atoms with E-state index < -0.39 is 5.60 Å². The van der Waals surface area contributed by atoms with Crippen molar-refractivity contribution < 1.29 is 23.8 Å². The fourth-order valence-electron chi connectivity index (χ4n) is 5.94. The molecule has 2 fully saturated rings. The molecule has 2 atom stereocenters. The molecular weight excluding hydrogens is 433 g/mol. The van der Waals surface area contributed by atoms with Crippen LogP contribution in [0.5, 0.6) is 0 Å². The number of amides is 1. The number of nitrogens with zero attached hydrogens (tertiary/aromatic N) is 1. The molecule has 3 aliphatic rings. The van der Waals surface area contributed by atoms with Crippen LogP contribution < -0.4 is 0 Å². The van der Waals surface area contributed by atoms with Gasteiger partial charge in [0.05, 0.1) is 30.9 Å². The Morgan fingerprint density at radius 3 is 2.09 bits per heavy atom. The minimum atomic E-state index is -1.13. The fraction of sp³-hybridized carbons (Fsp3) is 0.321. The van der Waals surface area contributed by atoms with Crippen LogP contribution in [0.2, 0.25) is 0 Å². The van der Waals surface area contributed by atoms with Crippen LogP contribution in [-0.4, -0.2) is 48.0 Å². The highest BCUT2D eigenvalue weighted by molar-refractivity contribution is 5.79. The van der Waals surface area contributed by atoms with Crippen molar-refractivity contribution in [2.75, 3.05) is 19.8 Å². The maximum Gasteiger partial charge on any atom is 0.410 e. The third kappa shape index (κ3) is 3.49. The Bertz CT molecular complexity index is 1170. The number of piperidine rings is 1. The SMILES string of the molecule is O=C(OCC1c2ccccc2-c2ccccc21)N1C2COCC1CC(O)(c1ccc(F)cc1)C2.